The van der Waals surface area contributed by atoms with Gasteiger partial charge in [-0.05, 0) is 31.2 Å². The number of aromatic hydroxyl groups is 1. The molecule has 2 rings (SSSR count). The van der Waals surface area contributed by atoms with Crippen LogP contribution in [-0.2, 0) is 0 Å². The molecule has 0 aliphatic rings. The summed E-state index contributed by atoms with van der Waals surface area (Å²) < 4.78 is 0. The Morgan fingerprint density at radius 2 is 2.11 bits per heavy atom. The minimum Gasteiger partial charge on any atom is -0.508 e. The van der Waals surface area contributed by atoms with E-state index in [9.17, 15) is 9.90 Å². The van der Waals surface area contributed by atoms with Crippen LogP contribution >= 0.6 is 11.6 Å². The van der Waals surface area contributed by atoms with Gasteiger partial charge in [-0.2, -0.15) is 0 Å². The molecule has 0 unspecified atom stereocenters. The molecule has 0 bridgehead atoms. The van der Waals surface area contributed by atoms with Gasteiger partial charge in [0, 0.05) is 11.4 Å². The van der Waals surface area contributed by atoms with E-state index in [1.165, 1.54) is 18.2 Å². The van der Waals surface area contributed by atoms with Crippen molar-refractivity contribution in [3.63, 3.8) is 0 Å². The zero-order valence-corrected chi connectivity index (χ0v) is 10.8. The number of carbonyl (C=O) groups excluding carboxylic acids is 1. The van der Waals surface area contributed by atoms with E-state index in [0.29, 0.717) is 5.69 Å². The summed E-state index contributed by atoms with van der Waals surface area (Å²) in [6, 6.07) is 5.67. The molecule has 2 aromatic rings. The molecule has 98 valence electrons. The number of halogens is 1. The number of nitrogens with zero attached hydrogens (tertiary/aromatic N) is 2. The fraction of sp³-hybridized carbons (Fsp3) is 0.0833. The predicted octanol–water partition coefficient (Wildman–Crippen LogP) is 1.98. The molecular formula is C12H11ClN4O2. The second-order valence-corrected chi connectivity index (χ2v) is 4.27. The molecular weight excluding hydrogens is 268 g/mol. The highest BCUT2D eigenvalue weighted by Crippen LogP contribution is 2.19. The summed E-state index contributed by atoms with van der Waals surface area (Å²) in [5.41, 5.74) is 6.67. The van der Waals surface area contributed by atoms with Crippen LogP contribution in [0.25, 0.3) is 0 Å². The lowest BCUT2D eigenvalue weighted by atomic mass is 10.1. The number of hydrogen-bond acceptors (Lipinski definition) is 5. The van der Waals surface area contributed by atoms with Crippen LogP contribution in [0.1, 0.15) is 16.1 Å². The molecule has 0 fully saturated rings. The maximum Gasteiger partial charge on any atom is 0.260 e. The number of anilines is 2. The van der Waals surface area contributed by atoms with Gasteiger partial charge < -0.3 is 10.8 Å². The molecule has 19 heavy (non-hydrogen) atoms. The number of aromatic nitrogens is 2. The van der Waals surface area contributed by atoms with E-state index in [2.05, 4.69) is 15.3 Å². The summed E-state index contributed by atoms with van der Waals surface area (Å²) in [5, 5.41) is 12.1. The first kappa shape index (κ1) is 13.1. The minimum atomic E-state index is -0.518. The smallest absolute Gasteiger partial charge is 0.260 e. The Hall–Kier alpha value is -2.34. The largest absolute Gasteiger partial charge is 0.508 e. The third-order valence-corrected chi connectivity index (χ3v) is 2.52. The van der Waals surface area contributed by atoms with Gasteiger partial charge >= 0.3 is 0 Å². The Morgan fingerprint density at radius 1 is 1.37 bits per heavy atom. The molecule has 6 nitrogen and oxygen atoms in total. The molecule has 4 N–H and O–H groups in total. The van der Waals surface area contributed by atoms with Crippen LogP contribution in [0.5, 0.6) is 5.75 Å². The van der Waals surface area contributed by atoms with E-state index < -0.39 is 5.91 Å². The van der Waals surface area contributed by atoms with E-state index in [4.69, 9.17) is 17.3 Å². The number of phenolic OH excluding ortho intramolecular Hbond substituents is 1. The molecule has 1 aromatic heterocycles. The number of nitrogens with two attached hydrogens (primary N) is 1. The molecule has 0 atom stereocenters. The van der Waals surface area contributed by atoms with Crippen LogP contribution in [0, 0.1) is 6.92 Å². The van der Waals surface area contributed by atoms with Crippen LogP contribution < -0.4 is 11.1 Å². The van der Waals surface area contributed by atoms with Crippen LogP contribution in [0.15, 0.2) is 24.3 Å². The number of nitrogens with one attached hydrogen (secondary N) is 1. The zero-order chi connectivity index (χ0) is 14.0. The first-order chi connectivity index (χ1) is 8.95. The Bertz CT molecular complexity index is 625. The zero-order valence-electron chi connectivity index (χ0n) is 10.0. The molecule has 1 amide bonds. The van der Waals surface area contributed by atoms with Crippen molar-refractivity contribution < 1.29 is 9.90 Å². The van der Waals surface area contributed by atoms with Gasteiger partial charge in [0.25, 0.3) is 5.91 Å². The lowest BCUT2D eigenvalue weighted by Crippen LogP contribution is -2.16. The fourth-order valence-electron chi connectivity index (χ4n) is 1.50. The number of amides is 1. The van der Waals surface area contributed by atoms with Gasteiger partial charge in [0.2, 0.25) is 5.95 Å². The maximum absolute atomic E-state index is 12.0. The van der Waals surface area contributed by atoms with Crippen LogP contribution in [0.4, 0.5) is 11.6 Å². The third-order valence-electron chi connectivity index (χ3n) is 2.33. The number of phenols is 1. The lowest BCUT2D eigenvalue weighted by molar-refractivity contribution is 0.102. The molecule has 0 spiro atoms. The van der Waals surface area contributed by atoms with E-state index in [-0.39, 0.29) is 28.1 Å². The Balaban J connectivity index is 2.28. The van der Waals surface area contributed by atoms with E-state index in [1.807, 2.05) is 0 Å². The van der Waals surface area contributed by atoms with E-state index in [1.54, 1.807) is 13.0 Å². The van der Waals surface area contributed by atoms with Gasteiger partial charge in [0.1, 0.15) is 10.9 Å². The highest BCUT2D eigenvalue weighted by molar-refractivity contribution is 6.29. The molecule has 7 heteroatoms. The minimum absolute atomic E-state index is 0.0532. The first-order valence-corrected chi connectivity index (χ1v) is 5.74. The van der Waals surface area contributed by atoms with E-state index >= 15 is 0 Å². The van der Waals surface area contributed by atoms with Crippen molar-refractivity contribution in [3.8, 4) is 5.75 Å². The molecule has 0 saturated carbocycles. The summed E-state index contributed by atoms with van der Waals surface area (Å²) in [6.07, 6.45) is 0. The van der Waals surface area contributed by atoms with Gasteiger partial charge in [-0.3, -0.25) is 10.1 Å². The van der Waals surface area contributed by atoms with Gasteiger partial charge in [-0.25, -0.2) is 9.97 Å². The third kappa shape index (κ3) is 3.11. The second kappa shape index (κ2) is 5.11. The standard InChI is InChI=1S/C12H11ClN4O2/c1-6-4-10(13)16-12(15-6)17-11(19)8-5-7(18)2-3-9(8)14/h2-5,18H,14H2,1H3,(H,15,16,17,19). The Morgan fingerprint density at radius 3 is 2.79 bits per heavy atom. The number of hydrogen-bond donors (Lipinski definition) is 3. The number of nitrogen functional groups attached to an aromatic ring is 1. The van der Waals surface area contributed by atoms with Gasteiger partial charge in [-0.15, -0.1) is 0 Å². The SMILES string of the molecule is Cc1cc(Cl)nc(NC(=O)c2cc(O)ccc2N)n1. The van der Waals surface area contributed by atoms with Gasteiger partial charge in [0.15, 0.2) is 0 Å². The van der Waals surface area contributed by atoms with Crippen molar-refractivity contribution in [3.05, 3.63) is 40.7 Å². The van der Waals surface area contributed by atoms with Crippen molar-refractivity contribution in [2.24, 2.45) is 0 Å². The number of benzene rings is 1. The Labute approximate surface area is 114 Å². The van der Waals surface area contributed by atoms with Crippen molar-refractivity contribution >= 4 is 29.1 Å². The van der Waals surface area contributed by atoms with Crippen molar-refractivity contribution in [1.82, 2.24) is 9.97 Å². The predicted molar refractivity (Wildman–Crippen MR) is 72.3 cm³/mol. The van der Waals surface area contributed by atoms with Crippen LogP contribution in [-0.4, -0.2) is 21.0 Å². The van der Waals surface area contributed by atoms with Gasteiger partial charge in [0.05, 0.1) is 5.56 Å². The summed E-state index contributed by atoms with van der Waals surface area (Å²) in [7, 11) is 0. The lowest BCUT2D eigenvalue weighted by Gasteiger charge is -2.07. The molecule has 0 saturated heterocycles. The second-order valence-electron chi connectivity index (χ2n) is 3.88. The fourth-order valence-corrected chi connectivity index (χ4v) is 1.73. The number of carbonyl (C=O) groups is 1. The van der Waals surface area contributed by atoms with Crippen LogP contribution in [0.2, 0.25) is 5.15 Å². The maximum atomic E-state index is 12.0. The average molecular weight is 279 g/mol. The molecule has 1 heterocycles. The molecule has 0 radical (unpaired) electrons. The summed E-state index contributed by atoms with van der Waals surface area (Å²) >= 11 is 5.77. The average Bonchev–Trinajstić information content (AvgIpc) is 2.30. The summed E-state index contributed by atoms with van der Waals surface area (Å²) in [4.78, 5) is 19.9. The summed E-state index contributed by atoms with van der Waals surface area (Å²) in [6.45, 7) is 1.73. The molecule has 0 aliphatic heterocycles. The van der Waals surface area contributed by atoms with Gasteiger partial charge in [-0.1, -0.05) is 11.6 Å². The number of aryl methyl sites for hydroxylation is 1. The van der Waals surface area contributed by atoms with Crippen LogP contribution in [0.3, 0.4) is 0 Å². The summed E-state index contributed by atoms with van der Waals surface area (Å²) in [5.74, 6) is -0.490. The molecule has 0 aliphatic carbocycles. The topological polar surface area (TPSA) is 101 Å². The van der Waals surface area contributed by atoms with E-state index in [0.717, 1.165) is 0 Å². The normalized spacial score (nSPS) is 10.2. The monoisotopic (exact) mass is 278 g/mol. The highest BCUT2D eigenvalue weighted by atomic mass is 35.5. The van der Waals surface area contributed by atoms with Crippen molar-refractivity contribution in [2.75, 3.05) is 11.1 Å². The first-order valence-electron chi connectivity index (χ1n) is 5.37. The van der Waals surface area contributed by atoms with Crippen molar-refractivity contribution in [1.29, 1.82) is 0 Å². The quantitative estimate of drug-likeness (QED) is 0.443. The highest BCUT2D eigenvalue weighted by Gasteiger charge is 2.12. The van der Waals surface area contributed by atoms with Crippen molar-refractivity contribution in [2.45, 2.75) is 6.92 Å². The number of rotatable bonds is 2. The Kier molecular flexibility index (Phi) is 3.52. The molecule has 1 aromatic carbocycles.